The molecule has 2 rings (SSSR count). The lowest BCUT2D eigenvalue weighted by molar-refractivity contribution is 0.200. The first-order valence-corrected chi connectivity index (χ1v) is 6.46. The lowest BCUT2D eigenvalue weighted by Crippen LogP contribution is -2.37. The number of methoxy groups -OCH3 is 1. The number of nitrogens with one attached hydrogen (secondary N) is 1. The number of rotatable bonds is 5. The summed E-state index contributed by atoms with van der Waals surface area (Å²) in [7, 11) is 1.66. The predicted octanol–water partition coefficient (Wildman–Crippen LogP) is 1.88. The summed E-state index contributed by atoms with van der Waals surface area (Å²) >= 11 is 0. The second kappa shape index (κ2) is 6.07. The summed E-state index contributed by atoms with van der Waals surface area (Å²) in [6, 6.07) is 6.22. The first-order valence-electron chi connectivity index (χ1n) is 6.46. The lowest BCUT2D eigenvalue weighted by Gasteiger charge is -2.30. The number of aliphatic hydroxyl groups excluding tert-OH is 1. The summed E-state index contributed by atoms with van der Waals surface area (Å²) in [6.07, 6.45) is 1.82. The van der Waals surface area contributed by atoms with Crippen molar-refractivity contribution < 1.29 is 14.6 Å². The summed E-state index contributed by atoms with van der Waals surface area (Å²) in [5, 5.41) is 12.8. The maximum atomic E-state index is 9.29. The first-order chi connectivity index (χ1) is 8.78. The van der Waals surface area contributed by atoms with Gasteiger partial charge < -0.3 is 19.9 Å². The Kier molecular flexibility index (Phi) is 4.44. The molecule has 1 unspecified atom stereocenters. The van der Waals surface area contributed by atoms with Crippen LogP contribution in [0.25, 0.3) is 0 Å². The molecule has 0 saturated heterocycles. The van der Waals surface area contributed by atoms with E-state index in [0.717, 1.165) is 29.9 Å². The van der Waals surface area contributed by atoms with Gasteiger partial charge in [0.25, 0.3) is 0 Å². The van der Waals surface area contributed by atoms with Crippen LogP contribution >= 0.6 is 0 Å². The molecule has 1 heterocycles. The normalized spacial score (nSPS) is 19.8. The minimum atomic E-state index is 0.132. The molecule has 2 atom stereocenters. The number of aliphatic hydroxyl groups is 1. The van der Waals surface area contributed by atoms with E-state index in [1.807, 2.05) is 18.2 Å². The molecule has 0 fully saturated rings. The van der Waals surface area contributed by atoms with E-state index in [2.05, 4.69) is 12.2 Å². The largest absolute Gasteiger partial charge is 0.497 e. The third-order valence-electron chi connectivity index (χ3n) is 3.41. The topological polar surface area (TPSA) is 50.7 Å². The van der Waals surface area contributed by atoms with Gasteiger partial charge in [-0.25, -0.2) is 0 Å². The van der Waals surface area contributed by atoms with Crippen LogP contribution in [0.3, 0.4) is 0 Å². The van der Waals surface area contributed by atoms with E-state index in [1.165, 1.54) is 0 Å². The average molecular weight is 251 g/mol. The van der Waals surface area contributed by atoms with Crippen LogP contribution in [-0.2, 0) is 0 Å². The molecule has 0 bridgehead atoms. The molecule has 1 aromatic carbocycles. The van der Waals surface area contributed by atoms with E-state index in [-0.39, 0.29) is 18.7 Å². The van der Waals surface area contributed by atoms with Crippen molar-refractivity contribution in [2.75, 3.05) is 20.3 Å². The highest BCUT2D eigenvalue weighted by Crippen LogP contribution is 2.35. The lowest BCUT2D eigenvalue weighted by atomic mass is 9.99. The molecule has 1 aromatic rings. The zero-order valence-electron chi connectivity index (χ0n) is 11.0. The second-order valence-corrected chi connectivity index (χ2v) is 4.55. The quantitative estimate of drug-likeness (QED) is 0.839. The summed E-state index contributed by atoms with van der Waals surface area (Å²) < 4.78 is 10.9. The molecule has 4 nitrogen and oxygen atoms in total. The highest BCUT2D eigenvalue weighted by molar-refractivity contribution is 5.43. The van der Waals surface area contributed by atoms with Crippen molar-refractivity contribution in [3.05, 3.63) is 23.8 Å². The summed E-state index contributed by atoms with van der Waals surface area (Å²) in [4.78, 5) is 0. The molecule has 0 aliphatic carbocycles. The van der Waals surface area contributed by atoms with Gasteiger partial charge in [-0.2, -0.15) is 0 Å². The van der Waals surface area contributed by atoms with Gasteiger partial charge in [0.1, 0.15) is 11.5 Å². The van der Waals surface area contributed by atoms with Crippen LogP contribution in [0.5, 0.6) is 11.5 Å². The van der Waals surface area contributed by atoms with Crippen molar-refractivity contribution in [3.8, 4) is 11.5 Å². The van der Waals surface area contributed by atoms with Gasteiger partial charge in [0, 0.05) is 24.1 Å². The fourth-order valence-corrected chi connectivity index (χ4v) is 2.26. The number of ether oxygens (including phenoxy) is 2. The van der Waals surface area contributed by atoms with E-state index < -0.39 is 0 Å². The van der Waals surface area contributed by atoms with Crippen LogP contribution in [0.1, 0.15) is 31.4 Å². The fraction of sp³-hybridized carbons (Fsp3) is 0.571. The Morgan fingerprint density at radius 3 is 3.06 bits per heavy atom. The first kappa shape index (κ1) is 13.2. The van der Waals surface area contributed by atoms with Gasteiger partial charge in [0.05, 0.1) is 20.3 Å². The Morgan fingerprint density at radius 2 is 2.39 bits per heavy atom. The van der Waals surface area contributed by atoms with Gasteiger partial charge in [0.15, 0.2) is 0 Å². The van der Waals surface area contributed by atoms with E-state index in [4.69, 9.17) is 9.47 Å². The Bertz CT molecular complexity index is 391. The molecule has 4 heteroatoms. The van der Waals surface area contributed by atoms with Crippen LogP contribution < -0.4 is 14.8 Å². The van der Waals surface area contributed by atoms with Gasteiger partial charge in [-0.05, 0) is 24.6 Å². The fourth-order valence-electron chi connectivity index (χ4n) is 2.26. The Morgan fingerprint density at radius 1 is 1.56 bits per heavy atom. The summed E-state index contributed by atoms with van der Waals surface area (Å²) in [5.41, 5.74) is 1.12. The van der Waals surface area contributed by atoms with Crippen molar-refractivity contribution in [1.82, 2.24) is 5.32 Å². The van der Waals surface area contributed by atoms with Gasteiger partial charge in [0.2, 0.25) is 0 Å². The molecular formula is C14H21NO3. The highest BCUT2D eigenvalue weighted by Gasteiger charge is 2.23. The molecule has 0 amide bonds. The maximum Gasteiger partial charge on any atom is 0.124 e. The third-order valence-corrected chi connectivity index (χ3v) is 3.41. The molecular weight excluding hydrogens is 230 g/mol. The van der Waals surface area contributed by atoms with Gasteiger partial charge >= 0.3 is 0 Å². The highest BCUT2D eigenvalue weighted by atomic mass is 16.5. The molecule has 0 radical (unpaired) electrons. The number of hydrogen-bond donors (Lipinski definition) is 2. The van der Waals surface area contributed by atoms with Crippen LogP contribution in [0.4, 0.5) is 0 Å². The molecule has 1 aliphatic heterocycles. The van der Waals surface area contributed by atoms with E-state index >= 15 is 0 Å². The number of fused-ring (bicyclic) bond motifs is 1. The zero-order chi connectivity index (χ0) is 13.0. The van der Waals surface area contributed by atoms with Gasteiger partial charge in [-0.3, -0.25) is 0 Å². The monoisotopic (exact) mass is 251 g/mol. The van der Waals surface area contributed by atoms with Crippen LogP contribution in [0.15, 0.2) is 18.2 Å². The van der Waals surface area contributed by atoms with Crippen molar-refractivity contribution in [2.45, 2.75) is 31.8 Å². The third kappa shape index (κ3) is 2.76. The Hall–Kier alpha value is -1.26. The van der Waals surface area contributed by atoms with Gasteiger partial charge in [-0.15, -0.1) is 0 Å². The standard InChI is InChI=1S/C14H21NO3/c1-3-10(9-16)15-13-6-7-18-14-5-4-11(17-2)8-12(13)14/h4-5,8,10,13,15-16H,3,6-7,9H2,1-2H3/t10-,13?/m0/s1. The van der Waals surface area contributed by atoms with Crippen molar-refractivity contribution in [2.24, 2.45) is 0 Å². The Labute approximate surface area is 108 Å². The van der Waals surface area contributed by atoms with Crippen LogP contribution in [0, 0.1) is 0 Å². The van der Waals surface area contributed by atoms with Crippen LogP contribution in [0.2, 0.25) is 0 Å². The Balaban J connectivity index is 2.20. The van der Waals surface area contributed by atoms with Crippen molar-refractivity contribution >= 4 is 0 Å². The SMILES string of the molecule is CC[C@@H](CO)NC1CCOc2ccc(OC)cc21. The van der Waals surface area contributed by atoms with E-state index in [0.29, 0.717) is 6.61 Å². The zero-order valence-corrected chi connectivity index (χ0v) is 11.0. The summed E-state index contributed by atoms with van der Waals surface area (Å²) in [6.45, 7) is 2.94. The maximum absolute atomic E-state index is 9.29. The number of hydrogen-bond acceptors (Lipinski definition) is 4. The van der Waals surface area contributed by atoms with Gasteiger partial charge in [-0.1, -0.05) is 6.92 Å². The molecule has 0 aromatic heterocycles. The number of benzene rings is 1. The molecule has 0 spiro atoms. The molecule has 1 aliphatic rings. The predicted molar refractivity (Wildman–Crippen MR) is 70.1 cm³/mol. The van der Waals surface area contributed by atoms with E-state index in [1.54, 1.807) is 7.11 Å². The molecule has 100 valence electrons. The van der Waals surface area contributed by atoms with Crippen molar-refractivity contribution in [1.29, 1.82) is 0 Å². The molecule has 2 N–H and O–H groups in total. The van der Waals surface area contributed by atoms with Crippen molar-refractivity contribution in [3.63, 3.8) is 0 Å². The summed E-state index contributed by atoms with van der Waals surface area (Å²) in [5.74, 6) is 1.75. The second-order valence-electron chi connectivity index (χ2n) is 4.55. The minimum Gasteiger partial charge on any atom is -0.497 e. The molecule has 18 heavy (non-hydrogen) atoms. The van der Waals surface area contributed by atoms with Crippen LogP contribution in [-0.4, -0.2) is 31.5 Å². The smallest absolute Gasteiger partial charge is 0.124 e. The van der Waals surface area contributed by atoms with E-state index in [9.17, 15) is 5.11 Å². The minimum absolute atomic E-state index is 0.132. The molecule has 0 saturated carbocycles. The average Bonchev–Trinajstić information content (AvgIpc) is 2.44.